The Morgan fingerprint density at radius 2 is 1.88 bits per heavy atom. The molecule has 0 aliphatic carbocycles. The van der Waals surface area contributed by atoms with Crippen LogP contribution >= 0.6 is 0 Å². The molecule has 1 aliphatic rings. The van der Waals surface area contributed by atoms with Crippen molar-refractivity contribution in [3.8, 4) is 11.4 Å². The molecule has 1 atom stereocenters. The minimum absolute atomic E-state index is 0.555. The summed E-state index contributed by atoms with van der Waals surface area (Å²) in [6.07, 6.45) is 8.36. The van der Waals surface area contributed by atoms with Crippen LogP contribution in [-0.4, -0.2) is 32.5 Å². The molecule has 0 saturated carbocycles. The van der Waals surface area contributed by atoms with Crippen molar-refractivity contribution in [2.75, 3.05) is 13.1 Å². The number of hydrogen-bond acceptors (Lipinski definition) is 3. The molecule has 0 spiro atoms. The van der Waals surface area contributed by atoms with Crippen LogP contribution in [0.4, 0.5) is 0 Å². The monoisotopic (exact) mass is 332 g/mol. The van der Waals surface area contributed by atoms with Crippen molar-refractivity contribution in [1.29, 1.82) is 0 Å². The summed E-state index contributed by atoms with van der Waals surface area (Å²) in [4.78, 5) is 11.5. The number of aromatic nitrogens is 3. The second kappa shape index (κ2) is 7.19. The summed E-state index contributed by atoms with van der Waals surface area (Å²) in [5.74, 6) is 0. The van der Waals surface area contributed by atoms with Gasteiger partial charge in [-0.1, -0.05) is 35.9 Å². The molecule has 4 nitrogen and oxygen atoms in total. The smallest absolute Gasteiger partial charge is 0.107 e. The van der Waals surface area contributed by atoms with Gasteiger partial charge in [0.2, 0.25) is 0 Å². The third kappa shape index (κ3) is 3.64. The Balaban J connectivity index is 1.41. The molecule has 1 saturated heterocycles. The topological polar surface area (TPSA) is 34.0 Å². The van der Waals surface area contributed by atoms with Gasteiger partial charge in [0.15, 0.2) is 0 Å². The van der Waals surface area contributed by atoms with Crippen molar-refractivity contribution >= 4 is 0 Å². The molecule has 1 fully saturated rings. The van der Waals surface area contributed by atoms with E-state index in [1.54, 1.807) is 0 Å². The van der Waals surface area contributed by atoms with Crippen LogP contribution in [0.5, 0.6) is 0 Å². The molecule has 25 heavy (non-hydrogen) atoms. The zero-order valence-electron chi connectivity index (χ0n) is 14.7. The number of imidazole rings is 1. The fourth-order valence-corrected chi connectivity index (χ4v) is 3.63. The van der Waals surface area contributed by atoms with Crippen molar-refractivity contribution in [3.05, 3.63) is 72.3 Å². The van der Waals surface area contributed by atoms with Gasteiger partial charge in [0, 0.05) is 31.5 Å². The summed E-state index contributed by atoms with van der Waals surface area (Å²) in [5.41, 5.74) is 4.65. The van der Waals surface area contributed by atoms with E-state index in [2.05, 4.69) is 56.8 Å². The van der Waals surface area contributed by atoms with Crippen molar-refractivity contribution in [3.63, 3.8) is 0 Å². The Morgan fingerprint density at radius 3 is 2.68 bits per heavy atom. The van der Waals surface area contributed by atoms with Crippen LogP contribution in [0.3, 0.4) is 0 Å². The van der Waals surface area contributed by atoms with E-state index in [1.165, 1.54) is 30.5 Å². The van der Waals surface area contributed by atoms with Gasteiger partial charge in [-0.2, -0.15) is 0 Å². The van der Waals surface area contributed by atoms with Crippen LogP contribution in [0.15, 0.2) is 61.2 Å². The summed E-state index contributed by atoms with van der Waals surface area (Å²) in [6, 6.07) is 15.5. The van der Waals surface area contributed by atoms with Crippen molar-refractivity contribution < 1.29 is 0 Å². The van der Waals surface area contributed by atoms with Gasteiger partial charge >= 0.3 is 0 Å². The Labute approximate surface area is 149 Å². The maximum atomic E-state index is 4.50. The second-order valence-corrected chi connectivity index (χ2v) is 6.82. The van der Waals surface area contributed by atoms with Gasteiger partial charge in [0.1, 0.15) is 5.69 Å². The zero-order valence-corrected chi connectivity index (χ0v) is 14.7. The quantitative estimate of drug-likeness (QED) is 0.706. The number of rotatable bonds is 5. The number of likely N-dealkylation sites (tertiary alicyclic amines) is 1. The largest absolute Gasteiger partial charge is 0.335 e. The number of nitrogens with zero attached hydrogens (tertiary/aromatic N) is 4. The van der Waals surface area contributed by atoms with Gasteiger partial charge < -0.3 is 4.57 Å². The van der Waals surface area contributed by atoms with Crippen LogP contribution in [0.25, 0.3) is 11.4 Å². The third-order valence-corrected chi connectivity index (χ3v) is 5.03. The fraction of sp³-hybridized carbons (Fsp3) is 0.333. The Hall–Kier alpha value is -2.46. The molecule has 0 unspecified atom stereocenters. The molecular weight excluding hydrogens is 308 g/mol. The predicted molar refractivity (Wildman–Crippen MR) is 100 cm³/mol. The van der Waals surface area contributed by atoms with E-state index in [0.29, 0.717) is 6.04 Å². The van der Waals surface area contributed by atoms with Gasteiger partial charge in [-0.3, -0.25) is 9.88 Å². The lowest BCUT2D eigenvalue weighted by Crippen LogP contribution is -2.27. The van der Waals surface area contributed by atoms with Gasteiger partial charge in [-0.05, 0) is 44.0 Å². The Bertz CT molecular complexity index is 807. The Kier molecular flexibility index (Phi) is 4.61. The number of benzene rings is 1. The van der Waals surface area contributed by atoms with Crippen LogP contribution in [0.1, 0.15) is 30.0 Å². The van der Waals surface area contributed by atoms with E-state index in [0.717, 1.165) is 24.5 Å². The second-order valence-electron chi connectivity index (χ2n) is 6.82. The summed E-state index contributed by atoms with van der Waals surface area (Å²) in [6.45, 7) is 5.34. The normalized spacial score (nSPS) is 17.9. The first kappa shape index (κ1) is 16.0. The molecular formula is C21H24N4. The molecule has 4 heteroatoms. The molecule has 128 valence electrons. The summed E-state index contributed by atoms with van der Waals surface area (Å²) >= 11 is 0. The van der Waals surface area contributed by atoms with E-state index in [9.17, 15) is 0 Å². The van der Waals surface area contributed by atoms with Gasteiger partial charge in [-0.25, -0.2) is 4.98 Å². The first-order chi connectivity index (χ1) is 12.3. The minimum Gasteiger partial charge on any atom is -0.335 e. The molecule has 0 bridgehead atoms. The highest BCUT2D eigenvalue weighted by atomic mass is 15.2. The zero-order chi connectivity index (χ0) is 17.1. The third-order valence-electron chi connectivity index (χ3n) is 5.03. The molecule has 4 rings (SSSR count). The lowest BCUT2D eigenvalue weighted by molar-refractivity contribution is 0.247. The summed E-state index contributed by atoms with van der Waals surface area (Å²) in [5, 5.41) is 0. The van der Waals surface area contributed by atoms with E-state index in [-0.39, 0.29) is 0 Å². The van der Waals surface area contributed by atoms with Gasteiger partial charge in [0.25, 0.3) is 0 Å². The minimum atomic E-state index is 0.555. The average Bonchev–Trinajstić information content (AvgIpc) is 3.31. The maximum Gasteiger partial charge on any atom is 0.107 e. The number of hydrogen-bond donors (Lipinski definition) is 0. The van der Waals surface area contributed by atoms with E-state index in [4.69, 9.17) is 0 Å². The lowest BCUT2D eigenvalue weighted by atomic mass is 10.0. The SMILES string of the molecule is Cc1ccc([C@H]2CCCN2CCn2cnc(-c3ccccn3)c2)cc1. The fourth-order valence-electron chi connectivity index (χ4n) is 3.63. The first-order valence-corrected chi connectivity index (χ1v) is 9.03. The number of aryl methyl sites for hydroxylation is 1. The highest BCUT2D eigenvalue weighted by Crippen LogP contribution is 2.31. The molecule has 3 heterocycles. The standard InChI is InChI=1S/C21H24N4/c1-17-7-9-18(10-8-17)21-6-4-12-25(21)14-13-24-15-20(23-16-24)19-5-2-3-11-22-19/h2-3,5,7-11,15-16,21H,4,6,12-14H2,1H3/t21-/m1/s1. The molecule has 2 aromatic heterocycles. The van der Waals surface area contributed by atoms with Crippen molar-refractivity contribution in [1.82, 2.24) is 19.4 Å². The molecule has 0 radical (unpaired) electrons. The first-order valence-electron chi connectivity index (χ1n) is 9.03. The number of pyridine rings is 1. The van der Waals surface area contributed by atoms with Crippen LogP contribution < -0.4 is 0 Å². The molecule has 0 amide bonds. The van der Waals surface area contributed by atoms with Crippen LogP contribution in [-0.2, 0) is 6.54 Å². The van der Waals surface area contributed by atoms with Crippen molar-refractivity contribution in [2.24, 2.45) is 0 Å². The van der Waals surface area contributed by atoms with E-state index < -0.39 is 0 Å². The highest BCUT2D eigenvalue weighted by Gasteiger charge is 2.25. The van der Waals surface area contributed by atoms with E-state index >= 15 is 0 Å². The molecule has 3 aromatic rings. The molecule has 1 aliphatic heterocycles. The van der Waals surface area contributed by atoms with E-state index in [1.807, 2.05) is 30.7 Å². The highest BCUT2D eigenvalue weighted by molar-refractivity contribution is 5.52. The predicted octanol–water partition coefficient (Wildman–Crippen LogP) is 4.09. The lowest BCUT2D eigenvalue weighted by Gasteiger charge is -2.25. The Morgan fingerprint density at radius 1 is 1.00 bits per heavy atom. The average molecular weight is 332 g/mol. The van der Waals surface area contributed by atoms with Crippen molar-refractivity contribution in [2.45, 2.75) is 32.4 Å². The molecule has 1 aromatic carbocycles. The summed E-state index contributed by atoms with van der Waals surface area (Å²) < 4.78 is 2.18. The molecule has 0 N–H and O–H groups in total. The van der Waals surface area contributed by atoms with Crippen LogP contribution in [0, 0.1) is 6.92 Å². The maximum absolute atomic E-state index is 4.50. The summed E-state index contributed by atoms with van der Waals surface area (Å²) in [7, 11) is 0. The van der Waals surface area contributed by atoms with Gasteiger partial charge in [-0.15, -0.1) is 0 Å². The van der Waals surface area contributed by atoms with Gasteiger partial charge in [0.05, 0.1) is 12.0 Å². The van der Waals surface area contributed by atoms with Crippen LogP contribution in [0.2, 0.25) is 0 Å².